The average Bonchev–Trinajstić information content (AvgIpc) is 2.74. The van der Waals surface area contributed by atoms with Gasteiger partial charge < -0.3 is 9.63 Å². The summed E-state index contributed by atoms with van der Waals surface area (Å²) in [6.07, 6.45) is 1.69. The molecule has 0 atom stereocenters. The lowest BCUT2D eigenvalue weighted by Gasteiger charge is -1.99. The largest absolute Gasteiger partial charge is 0.481 e. The normalized spacial score (nSPS) is 10.4. The predicted molar refractivity (Wildman–Crippen MR) is 57.9 cm³/mol. The maximum atomic E-state index is 13.1. The Morgan fingerprint density at radius 3 is 3.00 bits per heavy atom. The molecule has 0 aliphatic rings. The van der Waals surface area contributed by atoms with Crippen LogP contribution >= 0.6 is 0 Å². The maximum Gasteiger partial charge on any atom is 0.303 e. The van der Waals surface area contributed by atoms with E-state index in [9.17, 15) is 9.18 Å². The second-order valence-electron chi connectivity index (χ2n) is 3.59. The molecule has 17 heavy (non-hydrogen) atoms. The molecule has 1 N–H and O–H groups in total. The Hall–Kier alpha value is -2.17. The molecule has 0 aliphatic carbocycles. The van der Waals surface area contributed by atoms with Gasteiger partial charge in [0.25, 0.3) is 0 Å². The van der Waals surface area contributed by atoms with Crippen LogP contribution in [0.25, 0.3) is 11.3 Å². The van der Waals surface area contributed by atoms with E-state index in [1.807, 2.05) is 0 Å². The highest BCUT2D eigenvalue weighted by Gasteiger charge is 2.11. The van der Waals surface area contributed by atoms with Gasteiger partial charge in [-0.2, -0.15) is 0 Å². The maximum absolute atomic E-state index is 13.1. The van der Waals surface area contributed by atoms with Gasteiger partial charge in [0.05, 0.1) is 0 Å². The van der Waals surface area contributed by atoms with E-state index in [-0.39, 0.29) is 12.2 Å². The number of benzene rings is 1. The van der Waals surface area contributed by atoms with Crippen molar-refractivity contribution in [3.05, 3.63) is 41.9 Å². The van der Waals surface area contributed by atoms with Crippen molar-refractivity contribution in [3.63, 3.8) is 0 Å². The zero-order valence-corrected chi connectivity index (χ0v) is 8.89. The molecule has 88 valence electrons. The molecule has 2 aromatic rings. The second-order valence-corrected chi connectivity index (χ2v) is 3.59. The van der Waals surface area contributed by atoms with Gasteiger partial charge in [-0.1, -0.05) is 17.3 Å². The molecular formula is C12H10FNO3. The number of carboxylic acids is 1. The molecule has 0 spiro atoms. The van der Waals surface area contributed by atoms with E-state index in [1.54, 1.807) is 12.1 Å². The molecule has 1 aromatic carbocycles. The number of halogens is 1. The Kier molecular flexibility index (Phi) is 3.18. The Morgan fingerprint density at radius 2 is 2.29 bits per heavy atom. The molecule has 0 fully saturated rings. The number of aryl methyl sites for hydroxylation is 1. The third-order valence-electron chi connectivity index (χ3n) is 2.35. The van der Waals surface area contributed by atoms with Gasteiger partial charge in [-0.25, -0.2) is 4.39 Å². The molecule has 4 nitrogen and oxygen atoms in total. The predicted octanol–water partition coefficient (Wildman–Crippen LogP) is 2.50. The quantitative estimate of drug-likeness (QED) is 0.884. The van der Waals surface area contributed by atoms with Crippen molar-refractivity contribution in [1.29, 1.82) is 0 Å². The van der Waals surface area contributed by atoms with Gasteiger partial charge in [0, 0.05) is 17.5 Å². The van der Waals surface area contributed by atoms with E-state index in [4.69, 9.17) is 9.63 Å². The highest BCUT2D eigenvalue weighted by atomic mass is 19.1. The summed E-state index contributed by atoms with van der Waals surface area (Å²) in [5.74, 6) is -1.26. The first kappa shape index (κ1) is 11.3. The summed E-state index contributed by atoms with van der Waals surface area (Å²) < 4.78 is 17.9. The minimum absolute atomic E-state index is 0.0104. The number of aliphatic carboxylic acids is 1. The summed E-state index contributed by atoms with van der Waals surface area (Å²) in [6.45, 7) is 0. The van der Waals surface area contributed by atoms with Crippen LogP contribution in [-0.4, -0.2) is 16.2 Å². The van der Waals surface area contributed by atoms with Crippen molar-refractivity contribution < 1.29 is 18.8 Å². The molecule has 1 heterocycles. The van der Waals surface area contributed by atoms with Gasteiger partial charge in [-0.05, 0) is 18.6 Å². The Balaban J connectivity index is 2.27. The van der Waals surface area contributed by atoms with Crippen molar-refractivity contribution in [1.82, 2.24) is 5.16 Å². The minimum Gasteiger partial charge on any atom is -0.481 e. The van der Waals surface area contributed by atoms with Gasteiger partial charge in [0.1, 0.15) is 17.8 Å². The Morgan fingerprint density at radius 1 is 1.47 bits per heavy atom. The Bertz CT molecular complexity index is 536. The molecule has 0 radical (unpaired) electrons. The molecule has 0 saturated heterocycles. The highest BCUT2D eigenvalue weighted by Crippen LogP contribution is 2.23. The lowest BCUT2D eigenvalue weighted by molar-refractivity contribution is -0.136. The summed E-state index contributed by atoms with van der Waals surface area (Å²) in [5, 5.41) is 12.4. The summed E-state index contributed by atoms with van der Waals surface area (Å²) >= 11 is 0. The number of hydrogen-bond donors (Lipinski definition) is 1. The monoisotopic (exact) mass is 235 g/mol. The van der Waals surface area contributed by atoms with Crippen molar-refractivity contribution in [2.24, 2.45) is 0 Å². The van der Waals surface area contributed by atoms with Gasteiger partial charge in [-0.3, -0.25) is 4.79 Å². The number of hydrogen-bond acceptors (Lipinski definition) is 3. The molecule has 1 aromatic heterocycles. The average molecular weight is 235 g/mol. The molecule has 0 bridgehead atoms. The SMILES string of the molecule is O=C(O)CCc1conc1-c1cccc(F)c1. The first-order valence-corrected chi connectivity index (χ1v) is 5.08. The van der Waals surface area contributed by atoms with E-state index >= 15 is 0 Å². The molecular weight excluding hydrogens is 225 g/mol. The zero-order valence-electron chi connectivity index (χ0n) is 8.89. The van der Waals surface area contributed by atoms with Crippen LogP contribution in [0.3, 0.4) is 0 Å². The van der Waals surface area contributed by atoms with Crippen molar-refractivity contribution in [2.45, 2.75) is 12.8 Å². The standard InChI is InChI=1S/C12H10FNO3/c13-10-3-1-2-8(6-10)12-9(7-17-14-12)4-5-11(15)16/h1-3,6-7H,4-5H2,(H,15,16). The lowest BCUT2D eigenvalue weighted by Crippen LogP contribution is -1.97. The molecule has 0 saturated carbocycles. The first-order chi connectivity index (χ1) is 8.16. The molecule has 0 amide bonds. The summed E-state index contributed by atoms with van der Waals surface area (Å²) in [5.41, 5.74) is 1.74. The fourth-order valence-electron chi connectivity index (χ4n) is 1.55. The second kappa shape index (κ2) is 4.78. The van der Waals surface area contributed by atoms with E-state index < -0.39 is 5.97 Å². The van der Waals surface area contributed by atoms with E-state index in [2.05, 4.69) is 5.16 Å². The van der Waals surface area contributed by atoms with Crippen LogP contribution in [0.1, 0.15) is 12.0 Å². The topological polar surface area (TPSA) is 63.3 Å². The van der Waals surface area contributed by atoms with Gasteiger partial charge in [-0.15, -0.1) is 0 Å². The zero-order chi connectivity index (χ0) is 12.3. The van der Waals surface area contributed by atoms with E-state index in [0.29, 0.717) is 23.2 Å². The van der Waals surface area contributed by atoms with Gasteiger partial charge in [0.2, 0.25) is 0 Å². The number of aromatic nitrogens is 1. The van der Waals surface area contributed by atoms with Crippen molar-refractivity contribution in [3.8, 4) is 11.3 Å². The molecule has 2 rings (SSSR count). The first-order valence-electron chi connectivity index (χ1n) is 5.08. The summed E-state index contributed by atoms with van der Waals surface area (Å²) in [4.78, 5) is 10.5. The Labute approximate surface area is 96.7 Å². The number of rotatable bonds is 4. The molecule has 0 aliphatic heterocycles. The molecule has 0 unspecified atom stereocenters. The fourth-order valence-corrected chi connectivity index (χ4v) is 1.55. The van der Waals surface area contributed by atoms with Crippen LogP contribution in [0.5, 0.6) is 0 Å². The van der Waals surface area contributed by atoms with Crippen LogP contribution < -0.4 is 0 Å². The number of carbonyl (C=O) groups is 1. The van der Waals surface area contributed by atoms with Crippen LogP contribution in [-0.2, 0) is 11.2 Å². The summed E-state index contributed by atoms with van der Waals surface area (Å²) in [7, 11) is 0. The minimum atomic E-state index is -0.892. The number of carboxylic acid groups (broad SMARTS) is 1. The van der Waals surface area contributed by atoms with Gasteiger partial charge in [0.15, 0.2) is 0 Å². The molecule has 5 heteroatoms. The van der Waals surface area contributed by atoms with Crippen LogP contribution in [0, 0.1) is 5.82 Å². The summed E-state index contributed by atoms with van der Waals surface area (Å²) in [6, 6.07) is 5.94. The van der Waals surface area contributed by atoms with Crippen LogP contribution in [0.4, 0.5) is 4.39 Å². The smallest absolute Gasteiger partial charge is 0.303 e. The van der Waals surface area contributed by atoms with Crippen LogP contribution in [0.15, 0.2) is 35.1 Å². The van der Waals surface area contributed by atoms with Crippen molar-refractivity contribution >= 4 is 5.97 Å². The van der Waals surface area contributed by atoms with Crippen molar-refractivity contribution in [2.75, 3.05) is 0 Å². The van der Waals surface area contributed by atoms with Gasteiger partial charge >= 0.3 is 5.97 Å². The third kappa shape index (κ3) is 2.69. The fraction of sp³-hybridized carbons (Fsp3) is 0.167. The van der Waals surface area contributed by atoms with Crippen LogP contribution in [0.2, 0.25) is 0 Å². The highest BCUT2D eigenvalue weighted by molar-refractivity contribution is 5.68. The third-order valence-corrected chi connectivity index (χ3v) is 2.35. The van der Waals surface area contributed by atoms with E-state index in [1.165, 1.54) is 18.4 Å². The lowest BCUT2D eigenvalue weighted by atomic mass is 10.0. The number of nitrogens with zero attached hydrogens (tertiary/aromatic N) is 1. The van der Waals surface area contributed by atoms with E-state index in [0.717, 1.165) is 0 Å².